The fourth-order valence-corrected chi connectivity index (χ4v) is 4.67. The summed E-state index contributed by atoms with van der Waals surface area (Å²) in [6.45, 7) is 0.861. The van der Waals surface area contributed by atoms with Crippen molar-refractivity contribution in [2.75, 3.05) is 13.1 Å². The topological polar surface area (TPSA) is 72.4 Å². The summed E-state index contributed by atoms with van der Waals surface area (Å²) in [6, 6.07) is 16.3. The van der Waals surface area contributed by atoms with Crippen molar-refractivity contribution in [1.29, 1.82) is 0 Å². The molecule has 1 saturated heterocycles. The van der Waals surface area contributed by atoms with Gasteiger partial charge in [-0.2, -0.15) is 9.40 Å². The molecule has 0 N–H and O–H groups in total. The summed E-state index contributed by atoms with van der Waals surface area (Å²) >= 11 is 0. The van der Waals surface area contributed by atoms with Gasteiger partial charge in [0.15, 0.2) is 0 Å². The first-order valence-corrected chi connectivity index (χ1v) is 10.0. The first kappa shape index (κ1) is 16.9. The number of sulfonamides is 1. The third-order valence-electron chi connectivity index (χ3n) is 4.60. The Morgan fingerprint density at radius 3 is 2.42 bits per heavy atom. The van der Waals surface area contributed by atoms with E-state index in [2.05, 4.69) is 10.2 Å². The molecule has 0 spiro atoms. The van der Waals surface area contributed by atoms with Gasteiger partial charge < -0.3 is 4.74 Å². The van der Waals surface area contributed by atoms with Crippen LogP contribution in [-0.4, -0.2) is 42.1 Å². The molecule has 1 aliphatic rings. The van der Waals surface area contributed by atoms with Crippen LogP contribution < -0.4 is 4.74 Å². The highest BCUT2D eigenvalue weighted by molar-refractivity contribution is 7.89. The number of rotatable bonds is 4. The van der Waals surface area contributed by atoms with Crippen molar-refractivity contribution in [3.8, 4) is 5.88 Å². The molecule has 0 unspecified atom stereocenters. The monoisotopic (exact) mass is 369 g/mol. The molecule has 3 aromatic rings. The zero-order chi connectivity index (χ0) is 18.0. The first-order chi connectivity index (χ1) is 12.6. The number of hydrogen-bond donors (Lipinski definition) is 0. The van der Waals surface area contributed by atoms with Gasteiger partial charge in [0.2, 0.25) is 15.9 Å². The van der Waals surface area contributed by atoms with E-state index in [1.165, 1.54) is 4.31 Å². The summed E-state index contributed by atoms with van der Waals surface area (Å²) in [7, 11) is -3.44. The Labute approximate surface area is 152 Å². The Kier molecular flexibility index (Phi) is 4.57. The van der Waals surface area contributed by atoms with Crippen LogP contribution in [0.3, 0.4) is 0 Å². The highest BCUT2D eigenvalue weighted by atomic mass is 32.2. The minimum atomic E-state index is -3.44. The molecule has 0 amide bonds. The van der Waals surface area contributed by atoms with E-state index in [9.17, 15) is 8.42 Å². The molecule has 2 heterocycles. The van der Waals surface area contributed by atoms with Gasteiger partial charge in [-0.3, -0.25) is 0 Å². The first-order valence-electron chi connectivity index (χ1n) is 8.57. The maximum absolute atomic E-state index is 12.7. The van der Waals surface area contributed by atoms with Crippen LogP contribution in [0.2, 0.25) is 0 Å². The van der Waals surface area contributed by atoms with Gasteiger partial charge in [-0.05, 0) is 31.0 Å². The molecule has 1 aromatic heterocycles. The summed E-state index contributed by atoms with van der Waals surface area (Å²) in [5.74, 6) is 0.507. The Morgan fingerprint density at radius 2 is 1.65 bits per heavy atom. The largest absolute Gasteiger partial charge is 0.473 e. The Balaban J connectivity index is 1.46. The maximum Gasteiger partial charge on any atom is 0.243 e. The summed E-state index contributed by atoms with van der Waals surface area (Å²) in [5, 5.41) is 10.00. The Morgan fingerprint density at radius 1 is 0.962 bits per heavy atom. The van der Waals surface area contributed by atoms with Gasteiger partial charge in [0.05, 0.1) is 11.1 Å². The molecule has 1 aliphatic heterocycles. The van der Waals surface area contributed by atoms with Crippen molar-refractivity contribution in [3.05, 3.63) is 60.8 Å². The molecule has 0 atom stereocenters. The quantitative estimate of drug-likeness (QED) is 0.707. The maximum atomic E-state index is 12.7. The molecule has 1 fully saturated rings. The van der Waals surface area contributed by atoms with Gasteiger partial charge in [0.1, 0.15) is 6.10 Å². The highest BCUT2D eigenvalue weighted by Crippen LogP contribution is 2.26. The second-order valence-corrected chi connectivity index (χ2v) is 8.21. The van der Waals surface area contributed by atoms with Crippen molar-refractivity contribution in [2.24, 2.45) is 0 Å². The van der Waals surface area contributed by atoms with Crippen LogP contribution in [0.4, 0.5) is 0 Å². The Hall–Kier alpha value is -2.51. The summed E-state index contributed by atoms with van der Waals surface area (Å²) < 4.78 is 32.9. The standard InChI is InChI=1S/C19H19N3O3S/c23-26(24,17-7-2-1-3-8-17)22-12-10-16(11-13-22)25-19-18-9-5-4-6-15(18)14-20-21-19/h1-9,14,16H,10-13H2. The molecule has 0 saturated carbocycles. The molecule has 0 aliphatic carbocycles. The lowest BCUT2D eigenvalue weighted by molar-refractivity contribution is 0.130. The average Bonchev–Trinajstić information content (AvgIpc) is 2.69. The lowest BCUT2D eigenvalue weighted by atomic mass is 10.1. The molecule has 0 bridgehead atoms. The van der Waals surface area contributed by atoms with Crippen molar-refractivity contribution >= 4 is 20.8 Å². The summed E-state index contributed by atoms with van der Waals surface area (Å²) in [5.41, 5.74) is 0. The predicted octanol–water partition coefficient (Wildman–Crippen LogP) is 2.86. The number of hydrogen-bond acceptors (Lipinski definition) is 5. The molecule has 4 rings (SSSR count). The van der Waals surface area contributed by atoms with E-state index in [1.54, 1.807) is 30.5 Å². The summed E-state index contributed by atoms with van der Waals surface area (Å²) in [6.07, 6.45) is 2.88. The van der Waals surface area contributed by atoms with Crippen LogP contribution in [-0.2, 0) is 10.0 Å². The zero-order valence-corrected chi connectivity index (χ0v) is 15.0. The van der Waals surface area contributed by atoms with Gasteiger partial charge in [0, 0.05) is 23.9 Å². The fourth-order valence-electron chi connectivity index (χ4n) is 3.18. The van der Waals surface area contributed by atoms with E-state index >= 15 is 0 Å². The lowest BCUT2D eigenvalue weighted by Gasteiger charge is -2.31. The SMILES string of the molecule is O=S(=O)(c1ccccc1)N1CCC(Oc2nncc3ccccc23)CC1. The average molecular weight is 369 g/mol. The number of ether oxygens (including phenoxy) is 1. The van der Waals surface area contributed by atoms with E-state index in [0.717, 1.165) is 10.8 Å². The van der Waals surface area contributed by atoms with Crippen LogP contribution in [0.25, 0.3) is 10.8 Å². The smallest absolute Gasteiger partial charge is 0.243 e. The molecule has 6 nitrogen and oxygen atoms in total. The number of nitrogens with zero attached hydrogens (tertiary/aromatic N) is 3. The number of fused-ring (bicyclic) bond motifs is 1. The van der Waals surface area contributed by atoms with Crippen molar-refractivity contribution < 1.29 is 13.2 Å². The van der Waals surface area contributed by atoms with Crippen LogP contribution in [0.1, 0.15) is 12.8 Å². The van der Waals surface area contributed by atoms with Gasteiger partial charge in [-0.25, -0.2) is 8.42 Å². The van der Waals surface area contributed by atoms with Gasteiger partial charge in [0.25, 0.3) is 0 Å². The minimum Gasteiger partial charge on any atom is -0.473 e. The Bertz CT molecular complexity index is 995. The van der Waals surface area contributed by atoms with E-state index in [1.807, 2.05) is 30.3 Å². The third-order valence-corrected chi connectivity index (χ3v) is 6.51. The lowest BCUT2D eigenvalue weighted by Crippen LogP contribution is -2.41. The van der Waals surface area contributed by atoms with Crippen LogP contribution in [0.15, 0.2) is 65.7 Å². The number of piperidine rings is 1. The molecule has 134 valence electrons. The van der Waals surface area contributed by atoms with E-state index < -0.39 is 10.0 Å². The molecule has 26 heavy (non-hydrogen) atoms. The highest BCUT2D eigenvalue weighted by Gasteiger charge is 2.30. The van der Waals surface area contributed by atoms with Crippen LogP contribution in [0.5, 0.6) is 5.88 Å². The second kappa shape index (κ2) is 7.01. The van der Waals surface area contributed by atoms with Crippen LogP contribution >= 0.6 is 0 Å². The van der Waals surface area contributed by atoms with Crippen LogP contribution in [0, 0.1) is 0 Å². The van der Waals surface area contributed by atoms with Crippen molar-refractivity contribution in [2.45, 2.75) is 23.8 Å². The molecular weight excluding hydrogens is 350 g/mol. The second-order valence-electron chi connectivity index (χ2n) is 6.27. The van der Waals surface area contributed by atoms with Gasteiger partial charge >= 0.3 is 0 Å². The molecular formula is C19H19N3O3S. The normalized spacial score (nSPS) is 16.6. The van der Waals surface area contributed by atoms with Gasteiger partial charge in [-0.1, -0.05) is 36.4 Å². The zero-order valence-electron chi connectivity index (χ0n) is 14.2. The summed E-state index contributed by atoms with van der Waals surface area (Å²) in [4.78, 5) is 0.333. The minimum absolute atomic E-state index is 0.0719. The van der Waals surface area contributed by atoms with Crippen molar-refractivity contribution in [1.82, 2.24) is 14.5 Å². The van der Waals surface area contributed by atoms with Crippen molar-refractivity contribution in [3.63, 3.8) is 0 Å². The molecule has 2 aromatic carbocycles. The van der Waals surface area contributed by atoms with Gasteiger partial charge in [-0.15, -0.1) is 5.10 Å². The number of benzene rings is 2. The number of aromatic nitrogens is 2. The molecule has 0 radical (unpaired) electrons. The fraction of sp³-hybridized carbons (Fsp3) is 0.263. The van der Waals surface area contributed by atoms with E-state index in [-0.39, 0.29) is 6.10 Å². The molecule has 7 heteroatoms. The third kappa shape index (κ3) is 3.27. The van der Waals surface area contributed by atoms with E-state index in [0.29, 0.717) is 36.7 Å². The predicted molar refractivity (Wildman–Crippen MR) is 98.4 cm³/mol. The van der Waals surface area contributed by atoms with E-state index in [4.69, 9.17) is 4.74 Å².